The Bertz CT molecular complexity index is 767. The summed E-state index contributed by atoms with van der Waals surface area (Å²) in [5, 5.41) is 0. The number of carbonyl (C=O) groups is 1. The second-order valence-electron chi connectivity index (χ2n) is 5.05. The van der Waals surface area contributed by atoms with Crippen LogP contribution in [0.4, 0.5) is 5.82 Å². The molecule has 0 atom stereocenters. The van der Waals surface area contributed by atoms with Crippen LogP contribution in [0, 0.1) is 0 Å². The highest BCUT2D eigenvalue weighted by molar-refractivity contribution is 5.91. The maximum absolute atomic E-state index is 11.9. The Hall–Kier alpha value is -2.90. The fraction of sp³-hybridized carbons (Fsp3) is 0.286. The van der Waals surface area contributed by atoms with Crippen LogP contribution in [-0.2, 0) is 7.05 Å². The van der Waals surface area contributed by atoms with E-state index >= 15 is 0 Å². The smallest absolute Gasteiger partial charge is 0.293 e. The van der Waals surface area contributed by atoms with Crippen LogP contribution in [0.5, 0.6) is 5.75 Å². The highest BCUT2D eigenvalue weighted by Gasteiger charge is 2.31. The van der Waals surface area contributed by atoms with Crippen LogP contribution in [-0.4, -0.2) is 39.6 Å². The number of rotatable bonds is 4. The van der Waals surface area contributed by atoms with Crippen molar-refractivity contribution >= 4 is 11.7 Å². The van der Waals surface area contributed by atoms with E-state index in [1.54, 1.807) is 25.5 Å². The van der Waals surface area contributed by atoms with Crippen molar-refractivity contribution in [2.24, 2.45) is 12.8 Å². The maximum atomic E-state index is 11.9. The summed E-state index contributed by atoms with van der Waals surface area (Å²) < 4.78 is 7.22. The summed E-state index contributed by atoms with van der Waals surface area (Å²) in [4.78, 5) is 32.8. The van der Waals surface area contributed by atoms with Crippen molar-refractivity contribution in [1.82, 2.24) is 14.5 Å². The molecule has 2 N–H and O–H groups in total. The molecule has 1 aliphatic rings. The van der Waals surface area contributed by atoms with Crippen molar-refractivity contribution in [3.05, 3.63) is 46.8 Å². The Morgan fingerprint density at radius 2 is 2.14 bits per heavy atom. The van der Waals surface area contributed by atoms with E-state index in [4.69, 9.17) is 10.5 Å². The molecule has 1 aliphatic heterocycles. The molecule has 114 valence electrons. The van der Waals surface area contributed by atoms with E-state index in [9.17, 15) is 9.59 Å². The van der Waals surface area contributed by atoms with Crippen LogP contribution in [0.1, 0.15) is 10.5 Å². The third-order valence-electron chi connectivity index (χ3n) is 3.43. The van der Waals surface area contributed by atoms with Gasteiger partial charge in [-0.25, -0.2) is 4.98 Å². The number of hydrogen-bond acceptors (Lipinski definition) is 6. The van der Waals surface area contributed by atoms with E-state index in [-0.39, 0.29) is 17.4 Å². The molecule has 8 heteroatoms. The van der Waals surface area contributed by atoms with E-state index in [1.807, 2.05) is 4.90 Å². The maximum Gasteiger partial charge on any atom is 0.293 e. The van der Waals surface area contributed by atoms with Crippen LogP contribution >= 0.6 is 0 Å². The standard InChI is InChI=1S/C14H15N5O3/c1-18-5-4-17-13(14(18)21)19-7-10(8-19)22-9-2-3-16-11(6-9)12(15)20/h2-6,10H,7-8H2,1H3,(H2,15,20). The lowest BCUT2D eigenvalue weighted by Gasteiger charge is -2.39. The summed E-state index contributed by atoms with van der Waals surface area (Å²) >= 11 is 0. The van der Waals surface area contributed by atoms with E-state index in [1.165, 1.54) is 16.8 Å². The number of aryl methyl sites for hydroxylation is 1. The minimum atomic E-state index is -0.599. The van der Waals surface area contributed by atoms with Crippen LogP contribution in [0.3, 0.4) is 0 Å². The number of primary amides is 1. The van der Waals surface area contributed by atoms with Gasteiger partial charge in [-0.1, -0.05) is 0 Å². The molecule has 0 aliphatic carbocycles. The number of nitrogens with zero attached hydrogens (tertiary/aromatic N) is 4. The van der Waals surface area contributed by atoms with Gasteiger partial charge in [-0.2, -0.15) is 0 Å². The number of hydrogen-bond donors (Lipinski definition) is 1. The van der Waals surface area contributed by atoms with Crippen LogP contribution in [0.15, 0.2) is 35.5 Å². The van der Waals surface area contributed by atoms with Gasteiger partial charge in [0.1, 0.15) is 17.5 Å². The first-order valence-corrected chi connectivity index (χ1v) is 6.73. The summed E-state index contributed by atoms with van der Waals surface area (Å²) in [6.07, 6.45) is 4.60. The number of aromatic nitrogens is 3. The SMILES string of the molecule is Cn1ccnc(N2CC(Oc3ccnc(C(N)=O)c3)C2)c1=O. The lowest BCUT2D eigenvalue weighted by atomic mass is 10.1. The van der Waals surface area contributed by atoms with Crippen LogP contribution in [0.2, 0.25) is 0 Å². The summed E-state index contributed by atoms with van der Waals surface area (Å²) in [6, 6.07) is 3.17. The zero-order valence-corrected chi connectivity index (χ0v) is 12.0. The quantitative estimate of drug-likeness (QED) is 0.819. The van der Waals surface area contributed by atoms with Crippen molar-refractivity contribution in [1.29, 1.82) is 0 Å². The van der Waals surface area contributed by atoms with Gasteiger partial charge in [-0.15, -0.1) is 0 Å². The van der Waals surface area contributed by atoms with Gasteiger partial charge in [0, 0.05) is 31.7 Å². The summed E-state index contributed by atoms with van der Waals surface area (Å²) in [5.74, 6) is 0.345. The zero-order valence-electron chi connectivity index (χ0n) is 12.0. The van der Waals surface area contributed by atoms with E-state index in [0.717, 1.165) is 0 Å². The first kappa shape index (κ1) is 14.1. The largest absolute Gasteiger partial charge is 0.487 e. The number of amides is 1. The van der Waals surface area contributed by atoms with Gasteiger partial charge in [-0.05, 0) is 6.07 Å². The molecule has 0 unspecified atom stereocenters. The molecule has 22 heavy (non-hydrogen) atoms. The average molecular weight is 301 g/mol. The highest BCUT2D eigenvalue weighted by atomic mass is 16.5. The number of anilines is 1. The predicted molar refractivity (Wildman–Crippen MR) is 78.9 cm³/mol. The Labute approximate surface area is 126 Å². The highest BCUT2D eigenvalue weighted by Crippen LogP contribution is 2.20. The third kappa shape index (κ3) is 2.62. The van der Waals surface area contributed by atoms with Crippen molar-refractivity contribution in [2.45, 2.75) is 6.10 Å². The Kier molecular flexibility index (Phi) is 3.50. The molecule has 1 saturated heterocycles. The second-order valence-corrected chi connectivity index (χ2v) is 5.05. The Morgan fingerprint density at radius 1 is 1.36 bits per heavy atom. The molecule has 0 spiro atoms. The topological polar surface area (TPSA) is 103 Å². The normalized spacial score (nSPS) is 14.5. The minimum absolute atomic E-state index is 0.0742. The van der Waals surface area contributed by atoms with Crippen molar-refractivity contribution in [2.75, 3.05) is 18.0 Å². The number of carbonyl (C=O) groups excluding carboxylic acids is 1. The first-order chi connectivity index (χ1) is 10.5. The number of pyridine rings is 1. The molecule has 1 amide bonds. The summed E-state index contributed by atoms with van der Waals surface area (Å²) in [5.41, 5.74) is 5.20. The second kappa shape index (κ2) is 5.47. The minimum Gasteiger partial charge on any atom is -0.487 e. The molecule has 2 aromatic rings. The van der Waals surface area contributed by atoms with Gasteiger partial charge in [-0.3, -0.25) is 14.6 Å². The molecule has 2 aromatic heterocycles. The van der Waals surface area contributed by atoms with Gasteiger partial charge in [0.15, 0.2) is 5.82 Å². The Balaban J connectivity index is 1.64. The molecule has 0 aromatic carbocycles. The van der Waals surface area contributed by atoms with Gasteiger partial charge < -0.3 is 19.9 Å². The fourth-order valence-electron chi connectivity index (χ4n) is 2.20. The van der Waals surface area contributed by atoms with Crippen LogP contribution in [0.25, 0.3) is 0 Å². The van der Waals surface area contributed by atoms with Gasteiger partial charge in [0.25, 0.3) is 11.5 Å². The first-order valence-electron chi connectivity index (χ1n) is 6.73. The molecule has 3 rings (SSSR count). The van der Waals surface area contributed by atoms with Crippen LogP contribution < -0.4 is 20.9 Å². The molecule has 1 fully saturated rings. The summed E-state index contributed by atoms with van der Waals surface area (Å²) in [6.45, 7) is 1.11. The van der Waals surface area contributed by atoms with Gasteiger partial charge in [0.05, 0.1) is 13.1 Å². The van der Waals surface area contributed by atoms with E-state index in [0.29, 0.717) is 24.7 Å². The number of ether oxygens (including phenoxy) is 1. The lowest BCUT2D eigenvalue weighted by molar-refractivity contribution is 0.0994. The molecule has 0 bridgehead atoms. The lowest BCUT2D eigenvalue weighted by Crippen LogP contribution is -2.56. The zero-order chi connectivity index (χ0) is 15.7. The van der Waals surface area contributed by atoms with Crippen molar-refractivity contribution in [3.8, 4) is 5.75 Å². The third-order valence-corrected chi connectivity index (χ3v) is 3.43. The van der Waals surface area contributed by atoms with E-state index in [2.05, 4.69) is 9.97 Å². The monoisotopic (exact) mass is 301 g/mol. The molecule has 0 saturated carbocycles. The molecule has 8 nitrogen and oxygen atoms in total. The van der Waals surface area contributed by atoms with Crippen molar-refractivity contribution < 1.29 is 9.53 Å². The molecule has 3 heterocycles. The summed E-state index contributed by atoms with van der Waals surface area (Å²) in [7, 11) is 1.68. The van der Waals surface area contributed by atoms with Gasteiger partial charge in [0.2, 0.25) is 0 Å². The van der Waals surface area contributed by atoms with Gasteiger partial charge >= 0.3 is 0 Å². The molecular formula is C14H15N5O3. The molecular weight excluding hydrogens is 286 g/mol. The van der Waals surface area contributed by atoms with E-state index < -0.39 is 5.91 Å². The van der Waals surface area contributed by atoms with Crippen molar-refractivity contribution in [3.63, 3.8) is 0 Å². The Morgan fingerprint density at radius 3 is 2.86 bits per heavy atom. The predicted octanol–water partition coefficient (Wildman–Crippen LogP) is -0.458. The fourth-order valence-corrected chi connectivity index (χ4v) is 2.20. The number of nitrogens with two attached hydrogens (primary N) is 1. The molecule has 0 radical (unpaired) electrons. The average Bonchev–Trinajstić information content (AvgIpc) is 2.46.